The molecular formula is C15H21N5OS. The zero-order valence-electron chi connectivity index (χ0n) is 13.2. The SMILES string of the molecule is CCc1nnsc1C(=O)N1CCC[C@@H](c2nc(C)cn2C)C1. The van der Waals surface area contributed by atoms with Crippen LogP contribution in [0.2, 0.25) is 0 Å². The number of hydrogen-bond donors (Lipinski definition) is 0. The Kier molecular flexibility index (Phi) is 4.24. The van der Waals surface area contributed by atoms with E-state index in [1.807, 2.05) is 32.0 Å². The average Bonchev–Trinajstić information content (AvgIpc) is 3.12. The van der Waals surface area contributed by atoms with Crippen molar-refractivity contribution in [2.75, 3.05) is 13.1 Å². The molecule has 1 aliphatic heterocycles. The summed E-state index contributed by atoms with van der Waals surface area (Å²) in [6, 6.07) is 0. The summed E-state index contributed by atoms with van der Waals surface area (Å²) in [6.45, 7) is 5.54. The fourth-order valence-corrected chi connectivity index (χ4v) is 3.85. The van der Waals surface area contributed by atoms with Crippen LogP contribution in [0.15, 0.2) is 6.20 Å². The molecule has 0 N–H and O–H groups in total. The molecule has 3 rings (SSSR count). The lowest BCUT2D eigenvalue weighted by atomic mass is 9.97. The molecule has 22 heavy (non-hydrogen) atoms. The molecule has 0 saturated carbocycles. The average molecular weight is 319 g/mol. The van der Waals surface area contributed by atoms with Crippen LogP contribution in [0.1, 0.15) is 52.6 Å². The Morgan fingerprint density at radius 1 is 1.50 bits per heavy atom. The van der Waals surface area contributed by atoms with Crippen LogP contribution in [0.25, 0.3) is 0 Å². The van der Waals surface area contributed by atoms with Gasteiger partial charge in [-0.05, 0) is 37.7 Å². The second-order valence-electron chi connectivity index (χ2n) is 5.84. The first-order valence-electron chi connectivity index (χ1n) is 7.70. The van der Waals surface area contributed by atoms with Gasteiger partial charge in [-0.3, -0.25) is 4.79 Å². The van der Waals surface area contributed by atoms with Crippen molar-refractivity contribution in [2.24, 2.45) is 7.05 Å². The number of amides is 1. The minimum atomic E-state index is 0.0717. The maximum Gasteiger partial charge on any atom is 0.267 e. The normalized spacial score (nSPS) is 18.7. The van der Waals surface area contributed by atoms with Crippen LogP contribution in [0.3, 0.4) is 0 Å². The first kappa shape index (κ1) is 15.1. The number of carbonyl (C=O) groups is 1. The van der Waals surface area contributed by atoms with Gasteiger partial charge in [0, 0.05) is 32.3 Å². The van der Waals surface area contributed by atoms with E-state index >= 15 is 0 Å². The van der Waals surface area contributed by atoms with E-state index in [4.69, 9.17) is 0 Å². The van der Waals surface area contributed by atoms with Gasteiger partial charge in [0.1, 0.15) is 10.7 Å². The molecule has 0 aromatic carbocycles. The lowest BCUT2D eigenvalue weighted by Gasteiger charge is -2.32. The summed E-state index contributed by atoms with van der Waals surface area (Å²) in [7, 11) is 2.03. The van der Waals surface area contributed by atoms with Crippen LogP contribution >= 0.6 is 11.5 Å². The van der Waals surface area contributed by atoms with E-state index in [0.717, 1.165) is 49.6 Å². The molecule has 0 bridgehead atoms. The first-order valence-corrected chi connectivity index (χ1v) is 8.47. The predicted molar refractivity (Wildman–Crippen MR) is 85.1 cm³/mol. The molecule has 2 aromatic rings. The van der Waals surface area contributed by atoms with Gasteiger partial charge in [-0.1, -0.05) is 11.4 Å². The van der Waals surface area contributed by atoms with Gasteiger partial charge in [0.05, 0.1) is 11.4 Å². The zero-order chi connectivity index (χ0) is 15.7. The molecule has 0 aliphatic carbocycles. The largest absolute Gasteiger partial charge is 0.337 e. The molecule has 118 valence electrons. The highest BCUT2D eigenvalue weighted by molar-refractivity contribution is 7.08. The minimum Gasteiger partial charge on any atom is -0.337 e. The molecule has 0 unspecified atom stereocenters. The van der Waals surface area contributed by atoms with Crippen molar-refractivity contribution in [1.29, 1.82) is 0 Å². The number of nitrogens with zero attached hydrogens (tertiary/aromatic N) is 5. The smallest absolute Gasteiger partial charge is 0.267 e. The number of hydrogen-bond acceptors (Lipinski definition) is 5. The number of rotatable bonds is 3. The number of imidazole rings is 1. The van der Waals surface area contributed by atoms with Crippen LogP contribution in [-0.4, -0.2) is 43.0 Å². The van der Waals surface area contributed by atoms with Gasteiger partial charge in [0.25, 0.3) is 5.91 Å². The van der Waals surface area contributed by atoms with Crippen molar-refractivity contribution < 1.29 is 4.79 Å². The van der Waals surface area contributed by atoms with Gasteiger partial charge in [-0.2, -0.15) is 0 Å². The second kappa shape index (κ2) is 6.16. The summed E-state index contributed by atoms with van der Waals surface area (Å²) in [6.07, 6.45) is 4.87. The molecule has 1 atom stereocenters. The third kappa shape index (κ3) is 2.77. The van der Waals surface area contributed by atoms with Crippen LogP contribution in [-0.2, 0) is 13.5 Å². The summed E-state index contributed by atoms with van der Waals surface area (Å²) in [4.78, 5) is 20.0. The highest BCUT2D eigenvalue weighted by Gasteiger charge is 2.29. The Hall–Kier alpha value is -1.76. The lowest BCUT2D eigenvalue weighted by molar-refractivity contribution is 0.0707. The molecule has 7 heteroatoms. The number of aromatic nitrogens is 4. The summed E-state index contributed by atoms with van der Waals surface area (Å²) in [5.74, 6) is 1.46. The first-order chi connectivity index (χ1) is 10.6. The molecule has 1 fully saturated rings. The number of carbonyl (C=O) groups excluding carboxylic acids is 1. The fraction of sp³-hybridized carbons (Fsp3) is 0.600. The summed E-state index contributed by atoms with van der Waals surface area (Å²) in [5, 5.41) is 4.05. The number of aryl methyl sites for hydroxylation is 3. The minimum absolute atomic E-state index is 0.0717. The quantitative estimate of drug-likeness (QED) is 0.869. The summed E-state index contributed by atoms with van der Waals surface area (Å²) >= 11 is 1.21. The molecule has 0 spiro atoms. The van der Waals surface area contributed by atoms with E-state index in [-0.39, 0.29) is 5.91 Å². The molecule has 6 nitrogen and oxygen atoms in total. The van der Waals surface area contributed by atoms with E-state index in [2.05, 4.69) is 19.1 Å². The summed E-state index contributed by atoms with van der Waals surface area (Å²) in [5.41, 5.74) is 1.84. The van der Waals surface area contributed by atoms with Crippen molar-refractivity contribution in [2.45, 2.75) is 39.0 Å². The third-order valence-corrected chi connectivity index (χ3v) is 4.95. The molecule has 1 saturated heterocycles. The van der Waals surface area contributed by atoms with Crippen molar-refractivity contribution >= 4 is 17.4 Å². The molecule has 0 radical (unpaired) electrons. The van der Waals surface area contributed by atoms with E-state index in [1.54, 1.807) is 0 Å². The molecule has 1 amide bonds. The molecule has 2 aromatic heterocycles. The lowest BCUT2D eigenvalue weighted by Crippen LogP contribution is -2.39. The van der Waals surface area contributed by atoms with Gasteiger partial charge < -0.3 is 9.47 Å². The molecule has 1 aliphatic rings. The Labute approximate surface area is 134 Å². The second-order valence-corrected chi connectivity index (χ2v) is 6.60. The zero-order valence-corrected chi connectivity index (χ0v) is 14.1. The van der Waals surface area contributed by atoms with Gasteiger partial charge in [0.2, 0.25) is 0 Å². The Bertz CT molecular complexity index is 677. The van der Waals surface area contributed by atoms with Crippen molar-refractivity contribution in [1.82, 2.24) is 24.0 Å². The standard InChI is InChI=1S/C15H21N5OS/c1-4-12-13(22-18-17-12)15(21)20-7-5-6-11(9-20)14-16-10(2)8-19(14)3/h8,11H,4-7,9H2,1-3H3/t11-/m1/s1. The Balaban J connectivity index is 1.78. The van der Waals surface area contributed by atoms with Crippen LogP contribution in [0.5, 0.6) is 0 Å². The monoisotopic (exact) mass is 319 g/mol. The fourth-order valence-electron chi connectivity index (χ4n) is 3.13. The van der Waals surface area contributed by atoms with E-state index in [9.17, 15) is 4.79 Å². The van der Waals surface area contributed by atoms with Crippen molar-refractivity contribution in [3.63, 3.8) is 0 Å². The van der Waals surface area contributed by atoms with Gasteiger partial charge >= 0.3 is 0 Å². The number of likely N-dealkylation sites (tertiary alicyclic amines) is 1. The maximum atomic E-state index is 12.7. The van der Waals surface area contributed by atoms with Gasteiger partial charge in [0.15, 0.2) is 0 Å². The van der Waals surface area contributed by atoms with Crippen LogP contribution < -0.4 is 0 Å². The van der Waals surface area contributed by atoms with E-state index in [1.165, 1.54) is 11.5 Å². The van der Waals surface area contributed by atoms with Crippen molar-refractivity contribution in [3.05, 3.63) is 28.3 Å². The van der Waals surface area contributed by atoms with Crippen LogP contribution in [0.4, 0.5) is 0 Å². The molecular weight excluding hydrogens is 298 g/mol. The highest BCUT2D eigenvalue weighted by Crippen LogP contribution is 2.27. The van der Waals surface area contributed by atoms with E-state index < -0.39 is 0 Å². The Morgan fingerprint density at radius 3 is 3.00 bits per heavy atom. The van der Waals surface area contributed by atoms with Gasteiger partial charge in [-0.15, -0.1) is 5.10 Å². The topological polar surface area (TPSA) is 63.9 Å². The predicted octanol–water partition coefficient (Wildman–Crippen LogP) is 2.16. The molecule has 3 heterocycles. The third-order valence-electron chi connectivity index (χ3n) is 4.19. The number of piperidine rings is 1. The summed E-state index contributed by atoms with van der Waals surface area (Å²) < 4.78 is 6.01. The van der Waals surface area contributed by atoms with E-state index in [0.29, 0.717) is 10.8 Å². The Morgan fingerprint density at radius 2 is 2.32 bits per heavy atom. The van der Waals surface area contributed by atoms with Crippen LogP contribution in [0, 0.1) is 6.92 Å². The maximum absolute atomic E-state index is 12.7. The highest BCUT2D eigenvalue weighted by atomic mass is 32.1. The van der Waals surface area contributed by atoms with Crippen molar-refractivity contribution in [3.8, 4) is 0 Å². The van der Waals surface area contributed by atoms with Gasteiger partial charge in [-0.25, -0.2) is 4.98 Å².